The number of hydrogen-bond acceptors (Lipinski definition) is 11. The highest BCUT2D eigenvalue weighted by Crippen LogP contribution is 2.38. The van der Waals surface area contributed by atoms with Crippen LogP contribution >= 0.6 is 11.6 Å². The van der Waals surface area contributed by atoms with E-state index in [9.17, 15) is 18.0 Å². The third-order valence-electron chi connectivity index (χ3n) is 5.06. The van der Waals surface area contributed by atoms with Gasteiger partial charge in [0, 0.05) is 13.8 Å². The van der Waals surface area contributed by atoms with Gasteiger partial charge in [-0.25, -0.2) is 15.0 Å². The Bertz CT molecular complexity index is 1290. The minimum Gasteiger partial charge on any atom is -0.463 e. The summed E-state index contributed by atoms with van der Waals surface area (Å²) < 4.78 is 49.1. The van der Waals surface area contributed by atoms with Crippen molar-refractivity contribution in [3.63, 3.8) is 0 Å². The third-order valence-corrected chi connectivity index (χ3v) is 6.64. The van der Waals surface area contributed by atoms with Crippen LogP contribution in [0.4, 0.5) is 0 Å². The highest BCUT2D eigenvalue weighted by Gasteiger charge is 2.51. The van der Waals surface area contributed by atoms with E-state index in [0.29, 0.717) is 5.56 Å². The van der Waals surface area contributed by atoms with Crippen LogP contribution < -0.4 is 0 Å². The van der Waals surface area contributed by atoms with Crippen LogP contribution in [0, 0.1) is 0 Å². The van der Waals surface area contributed by atoms with Crippen molar-refractivity contribution in [3.8, 4) is 11.5 Å². The summed E-state index contributed by atoms with van der Waals surface area (Å²) in [4.78, 5) is 35.6. The van der Waals surface area contributed by atoms with Gasteiger partial charge in [-0.05, 0) is 5.56 Å². The number of halogens is 1. The quantitative estimate of drug-likeness (QED) is 0.241. The summed E-state index contributed by atoms with van der Waals surface area (Å²) in [5, 5.41) is 0.0636. The number of hydrogen-bond donors (Lipinski definition) is 0. The zero-order valence-corrected chi connectivity index (χ0v) is 20.2. The average molecular weight is 525 g/mol. The van der Waals surface area contributed by atoms with Gasteiger partial charge in [0.2, 0.25) is 0 Å². The number of carbonyl (C=O) groups is 2. The molecule has 186 valence electrons. The summed E-state index contributed by atoms with van der Waals surface area (Å²) in [6, 6.07) is 8.40. The smallest absolute Gasteiger partial charge is 0.303 e. The summed E-state index contributed by atoms with van der Waals surface area (Å²) in [5.74, 6) is -1.49. The van der Waals surface area contributed by atoms with E-state index in [1.807, 2.05) is 0 Å². The molecule has 35 heavy (non-hydrogen) atoms. The van der Waals surface area contributed by atoms with E-state index < -0.39 is 52.3 Å². The summed E-state index contributed by atoms with van der Waals surface area (Å²) in [5.41, 5.74) is 0.752. The van der Waals surface area contributed by atoms with Crippen LogP contribution in [0.1, 0.15) is 25.6 Å². The molecule has 1 aromatic rings. The third kappa shape index (κ3) is 5.75. The number of fused-ring (bicyclic) bond motifs is 1. The van der Waals surface area contributed by atoms with Crippen molar-refractivity contribution >= 4 is 33.7 Å². The van der Waals surface area contributed by atoms with Gasteiger partial charge in [0.25, 0.3) is 10.1 Å². The van der Waals surface area contributed by atoms with Crippen LogP contribution in [0.15, 0.2) is 43.0 Å². The zero-order valence-electron chi connectivity index (χ0n) is 18.6. The number of carbonyl (C=O) groups excluding carboxylic acids is 2. The van der Waals surface area contributed by atoms with Gasteiger partial charge in [-0.15, -0.1) is 0 Å². The summed E-state index contributed by atoms with van der Waals surface area (Å²) in [7, 11) is -4.19. The topological polar surface area (TPSA) is 149 Å². The first kappa shape index (κ1) is 25.0. The van der Waals surface area contributed by atoms with E-state index in [4.69, 9.17) is 30.0 Å². The van der Waals surface area contributed by atoms with E-state index >= 15 is 0 Å². The lowest BCUT2D eigenvalue weighted by molar-refractivity contribution is -0.155. The maximum atomic E-state index is 12.9. The van der Waals surface area contributed by atoms with E-state index in [1.54, 1.807) is 30.3 Å². The summed E-state index contributed by atoms with van der Waals surface area (Å²) in [6.45, 7) is 1.98. The van der Waals surface area contributed by atoms with Crippen molar-refractivity contribution in [2.75, 3.05) is 6.61 Å². The molecule has 1 saturated heterocycles. The molecule has 4 atom stereocenters. The van der Waals surface area contributed by atoms with Gasteiger partial charge in [-0.1, -0.05) is 41.9 Å². The minimum absolute atomic E-state index is 0.0636. The predicted octanol–water partition coefficient (Wildman–Crippen LogP) is 1.74. The second kappa shape index (κ2) is 10.2. The molecule has 1 fully saturated rings. The Kier molecular flexibility index (Phi) is 7.31. The first-order chi connectivity index (χ1) is 16.6. The summed E-state index contributed by atoms with van der Waals surface area (Å²) >= 11 is 6.48. The monoisotopic (exact) mass is 524 g/mol. The molecule has 0 spiro atoms. The Morgan fingerprint density at radius 1 is 1.09 bits per heavy atom. The predicted molar refractivity (Wildman–Crippen MR) is 119 cm³/mol. The largest absolute Gasteiger partial charge is 0.463 e. The molecular formula is C21H21ClN4O8S. The van der Waals surface area contributed by atoms with Gasteiger partial charge < -0.3 is 14.2 Å². The lowest BCUT2D eigenvalue weighted by Crippen LogP contribution is -2.41. The zero-order chi connectivity index (χ0) is 25.2. The molecule has 1 aromatic carbocycles. The number of aromatic nitrogens is 4. The van der Waals surface area contributed by atoms with E-state index in [1.165, 1.54) is 24.1 Å². The fraction of sp³-hybridized carbons (Fsp3) is 0.381. The molecule has 12 nitrogen and oxygen atoms in total. The van der Waals surface area contributed by atoms with Gasteiger partial charge in [0.15, 0.2) is 18.2 Å². The lowest BCUT2D eigenvalue weighted by Gasteiger charge is -2.25. The summed E-state index contributed by atoms with van der Waals surface area (Å²) in [6.07, 6.45) is -2.37. The van der Waals surface area contributed by atoms with Crippen molar-refractivity contribution in [1.82, 2.24) is 19.5 Å². The molecular weight excluding hydrogens is 504 g/mol. The average Bonchev–Trinajstić information content (AvgIpc) is 3.39. The normalized spacial score (nSPS) is 22.3. The SMILES string of the molecule is CC(=O)OC[C@H]1O[C@@H](n2cnc3ncnc-3c2Cl)[C@H](OC(C)=O)[C@H]1OS(=O)(=O)Cc1ccccc1. The van der Waals surface area contributed by atoms with Gasteiger partial charge in [-0.2, -0.15) is 8.42 Å². The fourth-order valence-electron chi connectivity index (χ4n) is 3.65. The molecule has 0 amide bonds. The Morgan fingerprint density at radius 3 is 2.51 bits per heavy atom. The van der Waals surface area contributed by atoms with Crippen LogP contribution in [0.25, 0.3) is 11.5 Å². The van der Waals surface area contributed by atoms with Crippen LogP contribution in [0.3, 0.4) is 0 Å². The molecule has 3 heterocycles. The van der Waals surface area contributed by atoms with Crippen LogP contribution in [-0.4, -0.2) is 64.8 Å². The number of rotatable bonds is 8. The number of benzene rings is 1. The maximum absolute atomic E-state index is 12.9. The number of nitrogens with zero attached hydrogens (tertiary/aromatic N) is 4. The number of ether oxygens (including phenoxy) is 3. The maximum Gasteiger partial charge on any atom is 0.303 e. The van der Waals surface area contributed by atoms with Gasteiger partial charge in [0.1, 0.15) is 48.1 Å². The molecule has 0 aromatic heterocycles. The van der Waals surface area contributed by atoms with Crippen LogP contribution in [0.5, 0.6) is 0 Å². The van der Waals surface area contributed by atoms with E-state index in [0.717, 1.165) is 6.92 Å². The van der Waals surface area contributed by atoms with Crippen LogP contribution in [0.2, 0.25) is 5.15 Å². The Balaban J connectivity index is 1.70. The first-order valence-corrected chi connectivity index (χ1v) is 12.3. The van der Waals surface area contributed by atoms with E-state index in [2.05, 4.69) is 15.0 Å². The molecule has 0 N–H and O–H groups in total. The van der Waals surface area contributed by atoms with Crippen LogP contribution in [-0.2, 0) is 43.9 Å². The molecule has 0 unspecified atom stereocenters. The lowest BCUT2D eigenvalue weighted by atomic mass is 10.1. The van der Waals surface area contributed by atoms with Crippen molar-refractivity contribution in [2.24, 2.45) is 0 Å². The molecule has 14 heteroatoms. The second-order valence-corrected chi connectivity index (χ2v) is 9.63. The Hall–Kier alpha value is -3.13. The van der Waals surface area contributed by atoms with Gasteiger partial charge >= 0.3 is 11.9 Å². The molecule has 0 aliphatic carbocycles. The van der Waals surface area contributed by atoms with E-state index in [-0.39, 0.29) is 23.3 Å². The van der Waals surface area contributed by atoms with Gasteiger partial charge in [-0.3, -0.25) is 18.3 Å². The molecule has 0 radical (unpaired) electrons. The van der Waals surface area contributed by atoms with Gasteiger partial charge in [0.05, 0.1) is 0 Å². The highest BCUT2D eigenvalue weighted by molar-refractivity contribution is 7.85. The van der Waals surface area contributed by atoms with Crippen molar-refractivity contribution in [2.45, 2.75) is 44.1 Å². The standard InChI is InChI=1S/C21H21ClN4O8S/c1-12(27)31-8-15-17(34-35(29,30)9-14-6-4-3-5-7-14)18(32-13(2)28)21(33-15)26-11-25-20-16(19(26)22)23-10-24-20/h3-7,10-11,15,17-18,21H,8-9H2,1-2H3/t15-,17+,18-,21-/m1/s1. The Morgan fingerprint density at radius 2 is 1.83 bits per heavy atom. The fourth-order valence-corrected chi connectivity index (χ4v) is 5.16. The van der Waals surface area contributed by atoms with Crippen molar-refractivity contribution < 1.29 is 36.4 Å². The molecule has 3 aliphatic heterocycles. The molecule has 0 bridgehead atoms. The second-order valence-electron chi connectivity index (χ2n) is 7.68. The highest BCUT2D eigenvalue weighted by atomic mass is 35.5. The molecule has 4 rings (SSSR count). The number of imidazole rings is 1. The first-order valence-electron chi connectivity index (χ1n) is 10.4. The van der Waals surface area contributed by atoms with Crippen molar-refractivity contribution in [1.29, 1.82) is 0 Å². The number of esters is 2. The Labute approximate surface area is 205 Å². The van der Waals surface area contributed by atoms with Crippen molar-refractivity contribution in [3.05, 3.63) is 53.7 Å². The molecule has 3 aliphatic rings. The minimum atomic E-state index is -4.19. The molecule has 0 saturated carbocycles.